The normalized spacial score (nSPS) is 14.5. The molecule has 3 aromatic rings. The Bertz CT molecular complexity index is 1220. The van der Waals surface area contributed by atoms with Crippen molar-refractivity contribution >= 4 is 23.1 Å². The van der Waals surface area contributed by atoms with Crippen molar-refractivity contribution in [2.75, 3.05) is 43.2 Å². The standard InChI is InChI=1S/C25H24N4O6/c30-25(28-12-10-27(11-13-28)20-4-6-21(7-5-20)29(31)32)26-19-3-1-2-18(14-19)16-33-22-8-9-23-24(15-22)35-17-34-23/h1-9,14-15H,10-13,16-17H2,(H,26,30). The van der Waals surface area contributed by atoms with Crippen LogP contribution in [0.15, 0.2) is 66.7 Å². The van der Waals surface area contributed by atoms with E-state index in [1.165, 1.54) is 12.1 Å². The molecular formula is C25H24N4O6. The number of hydrogen-bond donors (Lipinski definition) is 1. The Morgan fingerprint density at radius 1 is 0.971 bits per heavy atom. The highest BCUT2D eigenvalue weighted by atomic mass is 16.7. The molecular weight excluding hydrogens is 452 g/mol. The highest BCUT2D eigenvalue weighted by Crippen LogP contribution is 2.35. The summed E-state index contributed by atoms with van der Waals surface area (Å²) in [7, 11) is 0. The number of urea groups is 1. The van der Waals surface area contributed by atoms with Gasteiger partial charge in [0.15, 0.2) is 11.5 Å². The summed E-state index contributed by atoms with van der Waals surface area (Å²) in [5, 5.41) is 13.8. The third-order valence-electron chi connectivity index (χ3n) is 5.92. The first kappa shape index (κ1) is 22.3. The number of nitrogens with one attached hydrogen (secondary N) is 1. The van der Waals surface area contributed by atoms with Crippen LogP contribution < -0.4 is 24.4 Å². The van der Waals surface area contributed by atoms with Crippen molar-refractivity contribution in [2.24, 2.45) is 0 Å². The number of amides is 2. The van der Waals surface area contributed by atoms with Crippen molar-refractivity contribution in [2.45, 2.75) is 6.61 Å². The molecule has 180 valence electrons. The molecule has 1 saturated heterocycles. The Morgan fingerprint density at radius 2 is 1.74 bits per heavy atom. The monoisotopic (exact) mass is 476 g/mol. The zero-order valence-corrected chi connectivity index (χ0v) is 18.9. The Labute approximate surface area is 201 Å². The maximum Gasteiger partial charge on any atom is 0.321 e. The van der Waals surface area contributed by atoms with E-state index >= 15 is 0 Å². The van der Waals surface area contributed by atoms with Crippen molar-refractivity contribution in [3.8, 4) is 17.2 Å². The lowest BCUT2D eigenvalue weighted by molar-refractivity contribution is -0.384. The Hall–Kier alpha value is -4.47. The van der Waals surface area contributed by atoms with Gasteiger partial charge >= 0.3 is 6.03 Å². The summed E-state index contributed by atoms with van der Waals surface area (Å²) in [5.74, 6) is 2.04. The predicted octanol–water partition coefficient (Wildman–Crippen LogP) is 4.26. The van der Waals surface area contributed by atoms with Crippen LogP contribution in [0.5, 0.6) is 17.2 Å². The summed E-state index contributed by atoms with van der Waals surface area (Å²) in [5.41, 5.74) is 2.59. The van der Waals surface area contributed by atoms with E-state index in [9.17, 15) is 14.9 Å². The van der Waals surface area contributed by atoms with Gasteiger partial charge in [-0.05, 0) is 42.0 Å². The highest BCUT2D eigenvalue weighted by molar-refractivity contribution is 5.89. The summed E-state index contributed by atoms with van der Waals surface area (Å²) in [6, 6.07) is 19.3. The number of nitrogens with zero attached hydrogens (tertiary/aromatic N) is 3. The number of nitro benzene ring substituents is 1. The minimum atomic E-state index is -0.412. The van der Waals surface area contributed by atoms with Gasteiger partial charge in [0, 0.05) is 55.8 Å². The van der Waals surface area contributed by atoms with E-state index in [4.69, 9.17) is 14.2 Å². The molecule has 2 aliphatic heterocycles. The highest BCUT2D eigenvalue weighted by Gasteiger charge is 2.22. The number of ether oxygens (including phenoxy) is 3. The Morgan fingerprint density at radius 3 is 2.51 bits per heavy atom. The number of rotatable bonds is 6. The molecule has 35 heavy (non-hydrogen) atoms. The van der Waals surface area contributed by atoms with Crippen molar-refractivity contribution in [1.82, 2.24) is 4.90 Å². The first-order valence-corrected chi connectivity index (χ1v) is 11.2. The zero-order chi connectivity index (χ0) is 24.2. The van der Waals surface area contributed by atoms with Gasteiger partial charge in [0.2, 0.25) is 6.79 Å². The van der Waals surface area contributed by atoms with Crippen molar-refractivity contribution in [3.05, 3.63) is 82.4 Å². The number of fused-ring (bicyclic) bond motifs is 1. The van der Waals surface area contributed by atoms with Gasteiger partial charge in [-0.25, -0.2) is 4.79 Å². The van der Waals surface area contributed by atoms with E-state index in [0.717, 1.165) is 11.3 Å². The van der Waals surface area contributed by atoms with Crippen LogP contribution >= 0.6 is 0 Å². The zero-order valence-electron chi connectivity index (χ0n) is 18.9. The van der Waals surface area contributed by atoms with Gasteiger partial charge in [-0.15, -0.1) is 0 Å². The number of piperazine rings is 1. The second-order valence-electron chi connectivity index (χ2n) is 8.18. The lowest BCUT2D eigenvalue weighted by Gasteiger charge is -2.36. The van der Waals surface area contributed by atoms with E-state index < -0.39 is 4.92 Å². The van der Waals surface area contributed by atoms with Gasteiger partial charge in [0.05, 0.1) is 4.92 Å². The van der Waals surface area contributed by atoms with Crippen LogP contribution in [-0.4, -0.2) is 48.8 Å². The van der Waals surface area contributed by atoms with E-state index in [-0.39, 0.29) is 18.5 Å². The Balaban J connectivity index is 1.13. The largest absolute Gasteiger partial charge is 0.489 e. The van der Waals surface area contributed by atoms with E-state index in [1.54, 1.807) is 23.1 Å². The molecule has 5 rings (SSSR count). The molecule has 10 nitrogen and oxygen atoms in total. The molecule has 1 fully saturated rings. The molecule has 0 atom stereocenters. The summed E-state index contributed by atoms with van der Waals surface area (Å²) < 4.78 is 16.6. The fourth-order valence-electron chi connectivity index (χ4n) is 4.03. The smallest absolute Gasteiger partial charge is 0.321 e. The van der Waals surface area contributed by atoms with Gasteiger partial charge < -0.3 is 29.3 Å². The minimum Gasteiger partial charge on any atom is -0.489 e. The number of benzene rings is 3. The number of anilines is 2. The molecule has 0 aromatic heterocycles. The number of carbonyl (C=O) groups excluding carboxylic acids is 1. The summed E-state index contributed by atoms with van der Waals surface area (Å²) >= 11 is 0. The van der Waals surface area contributed by atoms with Crippen LogP contribution in [0, 0.1) is 10.1 Å². The first-order valence-electron chi connectivity index (χ1n) is 11.2. The van der Waals surface area contributed by atoms with Crippen LogP contribution in [0.3, 0.4) is 0 Å². The molecule has 0 saturated carbocycles. The molecule has 3 aromatic carbocycles. The maximum atomic E-state index is 12.8. The number of carbonyl (C=O) groups is 1. The quantitative estimate of drug-likeness (QED) is 0.419. The number of non-ortho nitro benzene ring substituents is 1. The molecule has 1 N–H and O–H groups in total. The lowest BCUT2D eigenvalue weighted by atomic mass is 10.2. The summed E-state index contributed by atoms with van der Waals surface area (Å²) in [6.45, 7) is 2.96. The van der Waals surface area contributed by atoms with Crippen LogP contribution in [0.4, 0.5) is 21.9 Å². The van der Waals surface area contributed by atoms with Gasteiger partial charge in [0.1, 0.15) is 12.4 Å². The molecule has 0 spiro atoms. The van der Waals surface area contributed by atoms with Crippen molar-refractivity contribution < 1.29 is 23.9 Å². The molecule has 2 amide bonds. The fraction of sp³-hybridized carbons (Fsp3) is 0.240. The third-order valence-corrected chi connectivity index (χ3v) is 5.92. The van der Waals surface area contributed by atoms with E-state index in [2.05, 4.69) is 10.2 Å². The van der Waals surface area contributed by atoms with Crippen LogP contribution in [0.25, 0.3) is 0 Å². The molecule has 2 aliphatic rings. The second kappa shape index (κ2) is 9.80. The van der Waals surface area contributed by atoms with Crippen LogP contribution in [-0.2, 0) is 6.61 Å². The van der Waals surface area contributed by atoms with Gasteiger partial charge in [-0.1, -0.05) is 12.1 Å². The topological polar surface area (TPSA) is 106 Å². The van der Waals surface area contributed by atoms with Crippen molar-refractivity contribution in [1.29, 1.82) is 0 Å². The molecule has 0 unspecified atom stereocenters. The van der Waals surface area contributed by atoms with Gasteiger partial charge in [-0.3, -0.25) is 10.1 Å². The molecule has 10 heteroatoms. The van der Waals surface area contributed by atoms with E-state index in [0.29, 0.717) is 55.7 Å². The summed E-state index contributed by atoms with van der Waals surface area (Å²) in [6.07, 6.45) is 0. The molecule has 0 aliphatic carbocycles. The minimum absolute atomic E-state index is 0.0651. The molecule has 0 radical (unpaired) electrons. The molecule has 0 bridgehead atoms. The van der Waals surface area contributed by atoms with Crippen molar-refractivity contribution in [3.63, 3.8) is 0 Å². The lowest BCUT2D eigenvalue weighted by Crippen LogP contribution is -2.50. The Kier molecular flexibility index (Phi) is 6.25. The van der Waals surface area contributed by atoms with E-state index in [1.807, 2.05) is 36.4 Å². The first-order chi connectivity index (χ1) is 17.0. The fourth-order valence-corrected chi connectivity index (χ4v) is 4.03. The summed E-state index contributed by atoms with van der Waals surface area (Å²) in [4.78, 5) is 27.1. The van der Waals surface area contributed by atoms with Crippen LogP contribution in [0.2, 0.25) is 0 Å². The second-order valence-corrected chi connectivity index (χ2v) is 8.18. The SMILES string of the molecule is O=C(Nc1cccc(COc2ccc3c(c2)OCO3)c1)N1CCN(c2ccc([N+](=O)[O-])cc2)CC1. The molecule has 2 heterocycles. The predicted molar refractivity (Wildman–Crippen MR) is 129 cm³/mol. The van der Waals surface area contributed by atoms with Gasteiger partial charge in [-0.2, -0.15) is 0 Å². The average Bonchev–Trinajstić information content (AvgIpc) is 3.36. The number of nitro groups is 1. The third kappa shape index (κ3) is 5.21. The van der Waals surface area contributed by atoms with Crippen LogP contribution in [0.1, 0.15) is 5.56 Å². The van der Waals surface area contributed by atoms with Gasteiger partial charge in [0.25, 0.3) is 5.69 Å². The number of hydrogen-bond acceptors (Lipinski definition) is 7. The maximum absolute atomic E-state index is 12.8. The average molecular weight is 476 g/mol.